The molecule has 0 bridgehead atoms. The summed E-state index contributed by atoms with van der Waals surface area (Å²) in [6, 6.07) is 11.8. The Morgan fingerprint density at radius 3 is 2.27 bits per heavy atom. The standard InChI is InChI=1S/C19H23FN2O3S/c1-15-3-6-17(7-4-15)26(23,24)22-11-9-21(10-12-22)14-16-5-8-19(25-2)18(20)13-16/h3-8,13H,9-12,14H2,1-2H3. The number of methoxy groups -OCH3 is 1. The van der Waals surface area contributed by atoms with Crippen molar-refractivity contribution in [3.8, 4) is 5.75 Å². The Labute approximate surface area is 154 Å². The molecule has 26 heavy (non-hydrogen) atoms. The van der Waals surface area contributed by atoms with Crippen LogP contribution >= 0.6 is 0 Å². The first-order valence-electron chi connectivity index (χ1n) is 8.52. The van der Waals surface area contributed by atoms with E-state index in [0.717, 1.165) is 11.1 Å². The minimum atomic E-state index is -3.46. The van der Waals surface area contributed by atoms with Gasteiger partial charge >= 0.3 is 0 Å². The third-order valence-electron chi connectivity index (χ3n) is 4.61. The van der Waals surface area contributed by atoms with Gasteiger partial charge in [-0.05, 0) is 36.8 Å². The maximum atomic E-state index is 13.8. The zero-order valence-electron chi connectivity index (χ0n) is 15.0. The number of halogens is 1. The third kappa shape index (κ3) is 4.06. The van der Waals surface area contributed by atoms with Crippen molar-refractivity contribution in [1.29, 1.82) is 0 Å². The number of hydrogen-bond acceptors (Lipinski definition) is 4. The molecule has 0 saturated carbocycles. The van der Waals surface area contributed by atoms with E-state index in [4.69, 9.17) is 4.74 Å². The van der Waals surface area contributed by atoms with Crippen molar-refractivity contribution in [2.75, 3.05) is 33.3 Å². The summed E-state index contributed by atoms with van der Waals surface area (Å²) in [5.74, 6) is -0.159. The Hall–Kier alpha value is -1.96. The molecule has 0 aromatic heterocycles. The molecule has 0 radical (unpaired) electrons. The maximum Gasteiger partial charge on any atom is 0.243 e. The molecule has 0 atom stereocenters. The van der Waals surface area contributed by atoms with Crippen molar-refractivity contribution in [2.45, 2.75) is 18.4 Å². The van der Waals surface area contributed by atoms with E-state index in [1.165, 1.54) is 17.5 Å². The lowest BCUT2D eigenvalue weighted by Gasteiger charge is -2.34. The molecule has 0 N–H and O–H groups in total. The Bertz CT molecular complexity index is 861. The zero-order valence-corrected chi connectivity index (χ0v) is 15.8. The van der Waals surface area contributed by atoms with E-state index in [9.17, 15) is 12.8 Å². The zero-order chi connectivity index (χ0) is 18.7. The number of hydrogen-bond donors (Lipinski definition) is 0. The number of aryl methyl sites for hydroxylation is 1. The molecule has 2 aromatic rings. The Morgan fingerprint density at radius 1 is 1.04 bits per heavy atom. The van der Waals surface area contributed by atoms with Gasteiger partial charge < -0.3 is 4.74 Å². The van der Waals surface area contributed by atoms with Gasteiger partial charge in [-0.2, -0.15) is 4.31 Å². The maximum absolute atomic E-state index is 13.8. The lowest BCUT2D eigenvalue weighted by molar-refractivity contribution is 0.181. The quantitative estimate of drug-likeness (QED) is 0.803. The van der Waals surface area contributed by atoms with Crippen LogP contribution in [0.1, 0.15) is 11.1 Å². The second kappa shape index (κ2) is 7.73. The van der Waals surface area contributed by atoms with Gasteiger partial charge in [-0.25, -0.2) is 12.8 Å². The molecule has 2 aromatic carbocycles. The molecule has 140 valence electrons. The highest BCUT2D eigenvalue weighted by Crippen LogP contribution is 2.21. The molecular formula is C19H23FN2O3S. The summed E-state index contributed by atoms with van der Waals surface area (Å²) in [4.78, 5) is 2.45. The molecule has 1 fully saturated rings. The lowest BCUT2D eigenvalue weighted by atomic mass is 10.2. The smallest absolute Gasteiger partial charge is 0.243 e. The fourth-order valence-electron chi connectivity index (χ4n) is 3.05. The number of ether oxygens (including phenoxy) is 1. The van der Waals surface area contributed by atoms with E-state index >= 15 is 0 Å². The molecular weight excluding hydrogens is 355 g/mol. The first-order chi connectivity index (χ1) is 12.4. The minimum absolute atomic E-state index is 0.225. The SMILES string of the molecule is COc1ccc(CN2CCN(S(=O)(=O)c3ccc(C)cc3)CC2)cc1F. The van der Waals surface area contributed by atoms with Gasteiger partial charge in [0.05, 0.1) is 12.0 Å². The molecule has 1 aliphatic heterocycles. The van der Waals surface area contributed by atoms with E-state index in [-0.39, 0.29) is 11.6 Å². The van der Waals surface area contributed by atoms with Crippen LogP contribution in [0.25, 0.3) is 0 Å². The topological polar surface area (TPSA) is 49.9 Å². The van der Waals surface area contributed by atoms with Gasteiger partial charge in [-0.3, -0.25) is 4.90 Å². The van der Waals surface area contributed by atoms with Crippen LogP contribution in [0.15, 0.2) is 47.4 Å². The molecule has 1 heterocycles. The highest BCUT2D eigenvalue weighted by Gasteiger charge is 2.28. The number of benzene rings is 2. The van der Waals surface area contributed by atoms with E-state index in [1.807, 2.05) is 13.0 Å². The van der Waals surface area contributed by atoms with Crippen molar-refractivity contribution in [1.82, 2.24) is 9.21 Å². The molecule has 0 amide bonds. The molecule has 3 rings (SSSR count). The van der Waals surface area contributed by atoms with Crippen LogP contribution in [-0.2, 0) is 16.6 Å². The monoisotopic (exact) mass is 378 g/mol. The van der Waals surface area contributed by atoms with Gasteiger partial charge in [0.15, 0.2) is 11.6 Å². The van der Waals surface area contributed by atoms with Gasteiger partial charge in [0.2, 0.25) is 10.0 Å². The van der Waals surface area contributed by atoms with Crippen LogP contribution in [0.4, 0.5) is 4.39 Å². The highest BCUT2D eigenvalue weighted by atomic mass is 32.2. The molecule has 0 unspecified atom stereocenters. The average Bonchev–Trinajstić information content (AvgIpc) is 2.63. The molecule has 5 nitrogen and oxygen atoms in total. The summed E-state index contributed by atoms with van der Waals surface area (Å²) in [7, 11) is -2.02. The van der Waals surface area contributed by atoms with Gasteiger partial charge in [0, 0.05) is 32.7 Å². The fraction of sp³-hybridized carbons (Fsp3) is 0.368. The predicted octanol–water partition coefficient (Wildman–Crippen LogP) is 2.65. The molecule has 1 aliphatic rings. The Balaban J connectivity index is 1.62. The van der Waals surface area contributed by atoms with Crippen molar-refractivity contribution < 1.29 is 17.5 Å². The lowest BCUT2D eigenvalue weighted by Crippen LogP contribution is -2.48. The van der Waals surface area contributed by atoms with Crippen LogP contribution in [0.5, 0.6) is 5.75 Å². The van der Waals surface area contributed by atoms with Crippen molar-refractivity contribution in [2.24, 2.45) is 0 Å². The van der Waals surface area contributed by atoms with Crippen LogP contribution in [0.3, 0.4) is 0 Å². The van der Waals surface area contributed by atoms with Gasteiger partial charge in [0.1, 0.15) is 0 Å². The normalized spacial score (nSPS) is 16.6. The minimum Gasteiger partial charge on any atom is -0.494 e. The molecule has 0 aliphatic carbocycles. The fourth-order valence-corrected chi connectivity index (χ4v) is 4.48. The Morgan fingerprint density at radius 2 is 1.69 bits per heavy atom. The van der Waals surface area contributed by atoms with Crippen LogP contribution in [0.2, 0.25) is 0 Å². The Kier molecular flexibility index (Phi) is 5.60. The average molecular weight is 378 g/mol. The van der Waals surface area contributed by atoms with Crippen LogP contribution in [-0.4, -0.2) is 50.9 Å². The second-order valence-corrected chi connectivity index (χ2v) is 8.40. The van der Waals surface area contributed by atoms with E-state index < -0.39 is 10.0 Å². The van der Waals surface area contributed by atoms with Crippen molar-refractivity contribution >= 4 is 10.0 Å². The van der Waals surface area contributed by atoms with Crippen molar-refractivity contribution in [3.05, 3.63) is 59.4 Å². The summed E-state index contributed by atoms with van der Waals surface area (Å²) < 4.78 is 45.7. The number of sulfonamides is 1. The summed E-state index contributed by atoms with van der Waals surface area (Å²) >= 11 is 0. The summed E-state index contributed by atoms with van der Waals surface area (Å²) in [6.45, 7) is 4.58. The van der Waals surface area contributed by atoms with E-state index in [1.54, 1.807) is 30.3 Å². The third-order valence-corrected chi connectivity index (χ3v) is 6.53. The van der Waals surface area contributed by atoms with Crippen LogP contribution in [0, 0.1) is 12.7 Å². The van der Waals surface area contributed by atoms with Gasteiger partial charge in [0.25, 0.3) is 0 Å². The predicted molar refractivity (Wildman–Crippen MR) is 98.2 cm³/mol. The summed E-state index contributed by atoms with van der Waals surface area (Å²) in [5.41, 5.74) is 1.87. The first kappa shape index (κ1) is 18.8. The second-order valence-electron chi connectivity index (χ2n) is 6.46. The number of nitrogens with zero attached hydrogens (tertiary/aromatic N) is 2. The summed E-state index contributed by atoms with van der Waals surface area (Å²) in [6.07, 6.45) is 0. The van der Waals surface area contributed by atoms with E-state index in [2.05, 4.69) is 4.90 Å². The van der Waals surface area contributed by atoms with E-state index in [0.29, 0.717) is 37.6 Å². The largest absolute Gasteiger partial charge is 0.494 e. The molecule has 7 heteroatoms. The highest BCUT2D eigenvalue weighted by molar-refractivity contribution is 7.89. The molecule has 1 saturated heterocycles. The van der Waals surface area contributed by atoms with Crippen molar-refractivity contribution in [3.63, 3.8) is 0 Å². The first-order valence-corrected chi connectivity index (χ1v) is 9.96. The number of piperazine rings is 1. The molecule has 0 spiro atoms. The van der Waals surface area contributed by atoms with Crippen LogP contribution < -0.4 is 4.74 Å². The van der Waals surface area contributed by atoms with Gasteiger partial charge in [-0.1, -0.05) is 23.8 Å². The number of rotatable bonds is 5. The van der Waals surface area contributed by atoms with Gasteiger partial charge in [-0.15, -0.1) is 0 Å². The summed E-state index contributed by atoms with van der Waals surface area (Å²) in [5, 5.41) is 0.